The van der Waals surface area contributed by atoms with E-state index in [0.717, 1.165) is 30.9 Å². The van der Waals surface area contributed by atoms with Crippen LogP contribution in [0.25, 0.3) is 11.3 Å². The van der Waals surface area contributed by atoms with Crippen LogP contribution in [-0.2, 0) is 4.74 Å². The smallest absolute Gasteiger partial charge is 0.410 e. The zero-order chi connectivity index (χ0) is 27.1. The standard InChI is InChI=1S/C29H33N5O4/c1-29(2,3)38-28(36)34-15-13-33(14-16-34)17-18-37-23-8-6-7-21(19-23)11-12-22-20-25(31-32-27(22)30)24-9-4-5-10-26(24)35/h4-10,19-20,35H,13-18H2,1-3H3,(H2,30,32). The average molecular weight is 516 g/mol. The number of carbonyl (C=O) groups is 1. The number of aromatic hydroxyl groups is 1. The molecule has 0 radical (unpaired) electrons. The Morgan fingerprint density at radius 2 is 1.79 bits per heavy atom. The third-order valence-electron chi connectivity index (χ3n) is 5.88. The molecule has 1 aromatic heterocycles. The molecule has 9 nitrogen and oxygen atoms in total. The van der Waals surface area contributed by atoms with Crippen molar-refractivity contribution in [2.45, 2.75) is 26.4 Å². The van der Waals surface area contributed by atoms with Crippen molar-refractivity contribution in [1.29, 1.82) is 0 Å². The molecule has 0 bridgehead atoms. The summed E-state index contributed by atoms with van der Waals surface area (Å²) in [4.78, 5) is 16.3. The molecule has 2 aromatic carbocycles. The Morgan fingerprint density at radius 1 is 1.03 bits per heavy atom. The van der Waals surface area contributed by atoms with Crippen molar-refractivity contribution in [3.8, 4) is 34.6 Å². The number of benzene rings is 2. The number of nitrogens with zero attached hydrogens (tertiary/aromatic N) is 4. The van der Waals surface area contributed by atoms with E-state index in [9.17, 15) is 9.90 Å². The van der Waals surface area contributed by atoms with Crippen LogP contribution in [0.3, 0.4) is 0 Å². The van der Waals surface area contributed by atoms with Crippen molar-refractivity contribution >= 4 is 11.9 Å². The van der Waals surface area contributed by atoms with E-state index in [4.69, 9.17) is 15.2 Å². The molecule has 4 rings (SSSR count). The van der Waals surface area contributed by atoms with Crippen molar-refractivity contribution in [1.82, 2.24) is 20.0 Å². The van der Waals surface area contributed by atoms with Crippen LogP contribution in [0.2, 0.25) is 0 Å². The molecule has 0 aliphatic carbocycles. The van der Waals surface area contributed by atoms with Crippen LogP contribution < -0.4 is 10.5 Å². The first-order chi connectivity index (χ1) is 18.2. The number of nitrogen functional groups attached to an aromatic ring is 1. The van der Waals surface area contributed by atoms with Gasteiger partial charge in [-0.2, -0.15) is 0 Å². The van der Waals surface area contributed by atoms with Crippen LogP contribution in [0, 0.1) is 11.8 Å². The Hall–Kier alpha value is -4.29. The van der Waals surface area contributed by atoms with Gasteiger partial charge in [0.05, 0.1) is 11.3 Å². The molecule has 0 spiro atoms. The van der Waals surface area contributed by atoms with Crippen LogP contribution in [-0.4, -0.2) is 76.1 Å². The Morgan fingerprint density at radius 3 is 2.53 bits per heavy atom. The van der Waals surface area contributed by atoms with Gasteiger partial charge in [0.15, 0.2) is 5.82 Å². The Bertz CT molecular complexity index is 1330. The predicted molar refractivity (Wildman–Crippen MR) is 146 cm³/mol. The molecule has 0 unspecified atom stereocenters. The van der Waals surface area contributed by atoms with Crippen molar-refractivity contribution in [2.24, 2.45) is 0 Å². The molecule has 3 N–H and O–H groups in total. The fourth-order valence-corrected chi connectivity index (χ4v) is 3.90. The molecule has 1 aliphatic rings. The van der Waals surface area contributed by atoms with Gasteiger partial charge >= 0.3 is 6.09 Å². The number of para-hydroxylation sites is 1. The first-order valence-corrected chi connectivity index (χ1v) is 12.5. The van der Waals surface area contributed by atoms with E-state index < -0.39 is 5.60 Å². The first-order valence-electron chi connectivity index (χ1n) is 12.5. The Balaban J connectivity index is 1.31. The molecule has 198 valence electrons. The number of hydrogen-bond acceptors (Lipinski definition) is 8. The summed E-state index contributed by atoms with van der Waals surface area (Å²) in [6.45, 7) is 9.73. The lowest BCUT2D eigenvalue weighted by molar-refractivity contribution is 0.0137. The second kappa shape index (κ2) is 11.8. The summed E-state index contributed by atoms with van der Waals surface area (Å²) in [5.41, 5.74) is 7.85. The minimum absolute atomic E-state index is 0.111. The number of hydrogen-bond donors (Lipinski definition) is 2. The number of aromatic nitrogens is 2. The number of rotatable bonds is 5. The van der Waals surface area contributed by atoms with Crippen molar-refractivity contribution in [3.05, 3.63) is 65.7 Å². The summed E-state index contributed by atoms with van der Waals surface area (Å²) in [5.74, 6) is 7.21. The quantitative estimate of drug-likeness (QED) is 0.494. The van der Waals surface area contributed by atoms with Gasteiger partial charge < -0.3 is 25.2 Å². The van der Waals surface area contributed by atoms with E-state index in [1.165, 1.54) is 0 Å². The van der Waals surface area contributed by atoms with E-state index in [0.29, 0.717) is 36.5 Å². The number of nitrogens with two attached hydrogens (primary N) is 1. The van der Waals surface area contributed by atoms with Crippen LogP contribution in [0.4, 0.5) is 10.6 Å². The number of piperazine rings is 1. The monoisotopic (exact) mass is 515 g/mol. The SMILES string of the molecule is CC(C)(C)OC(=O)N1CCN(CCOc2cccc(C#Cc3cc(-c4ccccc4O)nnc3N)c2)CC1. The van der Waals surface area contributed by atoms with Gasteiger partial charge in [-0.25, -0.2) is 4.79 Å². The highest BCUT2D eigenvalue weighted by Crippen LogP contribution is 2.27. The highest BCUT2D eigenvalue weighted by molar-refractivity contribution is 5.69. The van der Waals surface area contributed by atoms with Gasteiger partial charge in [0.1, 0.15) is 23.7 Å². The number of amides is 1. The van der Waals surface area contributed by atoms with Crippen LogP contribution >= 0.6 is 0 Å². The van der Waals surface area contributed by atoms with Crippen molar-refractivity contribution in [2.75, 3.05) is 45.1 Å². The second-order valence-corrected chi connectivity index (χ2v) is 9.98. The molecule has 1 saturated heterocycles. The normalized spacial score (nSPS) is 13.9. The largest absolute Gasteiger partial charge is 0.507 e. The molecule has 0 atom stereocenters. The van der Waals surface area contributed by atoms with Gasteiger partial charge in [0.25, 0.3) is 0 Å². The van der Waals surface area contributed by atoms with E-state index in [1.54, 1.807) is 29.2 Å². The zero-order valence-corrected chi connectivity index (χ0v) is 22.0. The fourth-order valence-electron chi connectivity index (χ4n) is 3.90. The molecule has 2 heterocycles. The summed E-state index contributed by atoms with van der Waals surface area (Å²) in [5, 5.41) is 18.2. The van der Waals surface area contributed by atoms with Gasteiger partial charge in [-0.3, -0.25) is 4.90 Å². The van der Waals surface area contributed by atoms with Crippen LogP contribution in [0.5, 0.6) is 11.5 Å². The Kier molecular flexibility index (Phi) is 8.34. The fraction of sp³-hybridized carbons (Fsp3) is 0.345. The molecule has 1 aliphatic heterocycles. The zero-order valence-electron chi connectivity index (χ0n) is 22.0. The third-order valence-corrected chi connectivity index (χ3v) is 5.88. The van der Waals surface area contributed by atoms with E-state index in [2.05, 4.69) is 26.9 Å². The molecule has 3 aromatic rings. The minimum Gasteiger partial charge on any atom is -0.507 e. The van der Waals surface area contributed by atoms with Gasteiger partial charge in [-0.05, 0) is 57.2 Å². The lowest BCUT2D eigenvalue weighted by Crippen LogP contribution is -2.50. The molecular weight excluding hydrogens is 482 g/mol. The van der Waals surface area contributed by atoms with E-state index >= 15 is 0 Å². The number of phenolic OH excluding ortho intramolecular Hbond substituents is 1. The van der Waals surface area contributed by atoms with Gasteiger partial charge in [0, 0.05) is 43.9 Å². The first kappa shape index (κ1) is 26.8. The van der Waals surface area contributed by atoms with Gasteiger partial charge in [0.2, 0.25) is 0 Å². The molecule has 9 heteroatoms. The Labute approximate surface area is 223 Å². The maximum atomic E-state index is 12.2. The molecule has 38 heavy (non-hydrogen) atoms. The maximum Gasteiger partial charge on any atom is 0.410 e. The number of anilines is 1. The molecular formula is C29H33N5O4. The summed E-state index contributed by atoms with van der Waals surface area (Å²) in [7, 11) is 0. The average Bonchev–Trinajstić information content (AvgIpc) is 2.88. The molecule has 1 fully saturated rings. The van der Waals surface area contributed by atoms with Crippen molar-refractivity contribution < 1.29 is 19.4 Å². The van der Waals surface area contributed by atoms with Crippen LogP contribution in [0.1, 0.15) is 31.9 Å². The van der Waals surface area contributed by atoms with Crippen molar-refractivity contribution in [3.63, 3.8) is 0 Å². The molecule has 0 saturated carbocycles. The van der Waals surface area contributed by atoms with Gasteiger partial charge in [-0.1, -0.05) is 30.0 Å². The molecule has 1 amide bonds. The summed E-state index contributed by atoms with van der Waals surface area (Å²) >= 11 is 0. The second-order valence-electron chi connectivity index (χ2n) is 9.98. The topological polar surface area (TPSA) is 114 Å². The summed E-state index contributed by atoms with van der Waals surface area (Å²) < 4.78 is 11.4. The van der Waals surface area contributed by atoms with E-state index in [-0.39, 0.29) is 17.7 Å². The number of ether oxygens (including phenoxy) is 2. The van der Waals surface area contributed by atoms with Gasteiger partial charge in [-0.15, -0.1) is 10.2 Å². The highest BCUT2D eigenvalue weighted by atomic mass is 16.6. The highest BCUT2D eigenvalue weighted by Gasteiger charge is 2.25. The summed E-state index contributed by atoms with van der Waals surface area (Å²) in [6.07, 6.45) is -0.259. The van der Waals surface area contributed by atoms with Crippen LogP contribution in [0.15, 0.2) is 54.6 Å². The lowest BCUT2D eigenvalue weighted by Gasteiger charge is -2.35. The number of phenols is 1. The summed E-state index contributed by atoms with van der Waals surface area (Å²) in [6, 6.07) is 16.2. The predicted octanol–water partition coefficient (Wildman–Crippen LogP) is 3.76. The number of carbonyl (C=O) groups excluding carboxylic acids is 1. The van der Waals surface area contributed by atoms with E-state index in [1.807, 2.05) is 51.1 Å². The minimum atomic E-state index is -0.488. The maximum absolute atomic E-state index is 12.2. The lowest BCUT2D eigenvalue weighted by atomic mass is 10.1. The third kappa shape index (κ3) is 7.37.